The molecule has 0 unspecified atom stereocenters. The minimum absolute atomic E-state index is 0. The van der Waals surface area contributed by atoms with E-state index in [0.29, 0.717) is 18.9 Å². The van der Waals surface area contributed by atoms with Crippen LogP contribution in [0.5, 0.6) is 5.75 Å². The summed E-state index contributed by atoms with van der Waals surface area (Å²) in [5, 5.41) is 0. The number of carbonyl (C=O) groups is 1. The normalized spacial score (nSPS) is 20.3. The topological polar surface area (TPSA) is 42.0 Å². The molecule has 1 aromatic rings. The van der Waals surface area contributed by atoms with Crippen molar-refractivity contribution in [3.05, 3.63) is 28.7 Å². The maximum Gasteiger partial charge on any atom is 0.262 e. The first-order valence-corrected chi connectivity index (χ1v) is 8.40. The highest BCUT2D eigenvalue weighted by molar-refractivity contribution is 9.10. The second kappa shape index (κ2) is 7.83. The van der Waals surface area contributed by atoms with E-state index in [1.54, 1.807) is 0 Å². The molecule has 5 nitrogen and oxygen atoms in total. The standard InChI is InChI=1S/C16H21BrN2O3.ClH/c1-18-8-6-16(7-9-18)19(10-11-22-16)15(20)12-21-14-4-2-13(17)3-5-14;/h2-5H,6-12H2,1H3;1H. The molecule has 0 N–H and O–H groups in total. The summed E-state index contributed by atoms with van der Waals surface area (Å²) in [7, 11) is 2.10. The van der Waals surface area contributed by atoms with E-state index in [-0.39, 0.29) is 24.9 Å². The third-order valence-electron chi connectivity index (χ3n) is 4.42. The summed E-state index contributed by atoms with van der Waals surface area (Å²) in [6.45, 7) is 3.25. The molecule has 2 saturated heterocycles. The molecule has 1 spiro atoms. The average molecular weight is 406 g/mol. The third kappa shape index (κ3) is 4.18. The number of ether oxygens (including phenoxy) is 2. The van der Waals surface area contributed by atoms with Crippen molar-refractivity contribution in [3.63, 3.8) is 0 Å². The third-order valence-corrected chi connectivity index (χ3v) is 4.95. The van der Waals surface area contributed by atoms with Crippen LogP contribution < -0.4 is 4.74 Å². The highest BCUT2D eigenvalue weighted by Crippen LogP contribution is 2.34. The van der Waals surface area contributed by atoms with E-state index in [1.165, 1.54) is 0 Å². The van der Waals surface area contributed by atoms with Crippen molar-refractivity contribution in [2.45, 2.75) is 18.6 Å². The summed E-state index contributed by atoms with van der Waals surface area (Å²) in [6.07, 6.45) is 1.74. The number of carbonyl (C=O) groups excluding carboxylic acids is 1. The quantitative estimate of drug-likeness (QED) is 0.775. The van der Waals surface area contributed by atoms with Crippen LogP contribution in [0.3, 0.4) is 0 Å². The van der Waals surface area contributed by atoms with Gasteiger partial charge in [0, 0.05) is 36.9 Å². The number of hydrogen-bond acceptors (Lipinski definition) is 4. The Labute approximate surface area is 151 Å². The van der Waals surface area contributed by atoms with Crippen LogP contribution >= 0.6 is 28.3 Å². The zero-order valence-corrected chi connectivity index (χ0v) is 15.6. The van der Waals surface area contributed by atoms with Gasteiger partial charge < -0.3 is 19.3 Å². The smallest absolute Gasteiger partial charge is 0.262 e. The van der Waals surface area contributed by atoms with Gasteiger partial charge in [0.15, 0.2) is 6.61 Å². The van der Waals surface area contributed by atoms with Crippen LogP contribution in [0.25, 0.3) is 0 Å². The zero-order chi connectivity index (χ0) is 15.6. The molecule has 0 aliphatic carbocycles. The summed E-state index contributed by atoms with van der Waals surface area (Å²) in [6, 6.07) is 7.50. The fraction of sp³-hybridized carbons (Fsp3) is 0.562. The number of hydrogen-bond donors (Lipinski definition) is 0. The minimum Gasteiger partial charge on any atom is -0.484 e. The second-order valence-electron chi connectivity index (χ2n) is 5.89. The van der Waals surface area contributed by atoms with Crippen molar-refractivity contribution in [1.82, 2.24) is 9.80 Å². The molecule has 1 amide bonds. The molecule has 0 saturated carbocycles. The Morgan fingerprint density at radius 2 is 1.91 bits per heavy atom. The van der Waals surface area contributed by atoms with Gasteiger partial charge in [-0.1, -0.05) is 15.9 Å². The Morgan fingerprint density at radius 1 is 1.26 bits per heavy atom. The van der Waals surface area contributed by atoms with Crippen molar-refractivity contribution < 1.29 is 14.3 Å². The molecular formula is C16H22BrClN2O3. The Balaban J connectivity index is 0.00000192. The van der Waals surface area contributed by atoms with E-state index >= 15 is 0 Å². The van der Waals surface area contributed by atoms with Crippen molar-refractivity contribution in [2.75, 3.05) is 39.9 Å². The minimum atomic E-state index is -0.410. The molecule has 128 valence electrons. The number of piperidine rings is 1. The van der Waals surface area contributed by atoms with Gasteiger partial charge >= 0.3 is 0 Å². The molecule has 3 rings (SSSR count). The largest absolute Gasteiger partial charge is 0.484 e. The Morgan fingerprint density at radius 3 is 2.57 bits per heavy atom. The SMILES string of the molecule is CN1CCC2(CC1)OCCN2C(=O)COc1ccc(Br)cc1.Cl. The lowest BCUT2D eigenvalue weighted by atomic mass is 9.99. The van der Waals surface area contributed by atoms with Crippen LogP contribution in [0.15, 0.2) is 28.7 Å². The van der Waals surface area contributed by atoms with Gasteiger partial charge in [0.05, 0.1) is 6.61 Å². The lowest BCUT2D eigenvalue weighted by Crippen LogP contribution is -2.55. The van der Waals surface area contributed by atoms with Gasteiger partial charge in [-0.15, -0.1) is 12.4 Å². The maximum atomic E-state index is 12.5. The maximum absolute atomic E-state index is 12.5. The number of likely N-dealkylation sites (tertiary alicyclic amines) is 1. The van der Waals surface area contributed by atoms with Gasteiger partial charge in [0.25, 0.3) is 5.91 Å². The van der Waals surface area contributed by atoms with Crippen molar-refractivity contribution >= 4 is 34.2 Å². The van der Waals surface area contributed by atoms with Crippen LogP contribution in [0.4, 0.5) is 0 Å². The highest BCUT2D eigenvalue weighted by atomic mass is 79.9. The van der Waals surface area contributed by atoms with Gasteiger partial charge in [-0.3, -0.25) is 4.79 Å². The summed E-state index contributed by atoms with van der Waals surface area (Å²) < 4.78 is 12.6. The molecule has 0 atom stereocenters. The molecule has 1 aromatic carbocycles. The molecule has 2 heterocycles. The molecule has 2 aliphatic heterocycles. The summed E-state index contributed by atoms with van der Waals surface area (Å²) in [5.74, 6) is 0.707. The predicted octanol–water partition coefficient (Wildman–Crippen LogP) is 2.53. The number of amides is 1. The van der Waals surface area contributed by atoms with Gasteiger partial charge in [0.2, 0.25) is 0 Å². The molecule has 0 aromatic heterocycles. The van der Waals surface area contributed by atoms with Crippen LogP contribution in [-0.2, 0) is 9.53 Å². The molecule has 7 heteroatoms. The molecule has 23 heavy (non-hydrogen) atoms. The van der Waals surface area contributed by atoms with E-state index in [2.05, 4.69) is 27.9 Å². The Hall–Kier alpha value is -0.820. The lowest BCUT2D eigenvalue weighted by molar-refractivity contribution is -0.159. The molecule has 0 bridgehead atoms. The Bertz CT molecular complexity index is 533. The summed E-state index contributed by atoms with van der Waals surface area (Å²) >= 11 is 3.38. The van der Waals surface area contributed by atoms with Crippen molar-refractivity contribution in [3.8, 4) is 5.75 Å². The first kappa shape index (κ1) is 18.5. The highest BCUT2D eigenvalue weighted by Gasteiger charge is 2.46. The first-order chi connectivity index (χ1) is 10.6. The predicted molar refractivity (Wildman–Crippen MR) is 94.0 cm³/mol. The fourth-order valence-corrected chi connectivity index (χ4v) is 3.36. The van der Waals surface area contributed by atoms with Gasteiger partial charge in [-0.2, -0.15) is 0 Å². The van der Waals surface area contributed by atoms with E-state index in [4.69, 9.17) is 9.47 Å². The molecule has 2 aliphatic rings. The van der Waals surface area contributed by atoms with Crippen molar-refractivity contribution in [1.29, 1.82) is 0 Å². The number of rotatable bonds is 3. The summed E-state index contributed by atoms with van der Waals surface area (Å²) in [4.78, 5) is 16.7. The lowest BCUT2D eigenvalue weighted by Gasteiger charge is -2.42. The van der Waals surface area contributed by atoms with Crippen molar-refractivity contribution in [2.24, 2.45) is 0 Å². The van der Waals surface area contributed by atoms with Crippen LogP contribution in [0.2, 0.25) is 0 Å². The number of halogens is 2. The van der Waals surface area contributed by atoms with E-state index < -0.39 is 5.72 Å². The second-order valence-corrected chi connectivity index (χ2v) is 6.80. The van der Waals surface area contributed by atoms with Gasteiger partial charge in [-0.05, 0) is 31.3 Å². The fourth-order valence-electron chi connectivity index (χ4n) is 3.10. The number of nitrogens with zero attached hydrogens (tertiary/aromatic N) is 2. The summed E-state index contributed by atoms with van der Waals surface area (Å²) in [5.41, 5.74) is -0.410. The van der Waals surface area contributed by atoms with E-state index in [9.17, 15) is 4.79 Å². The average Bonchev–Trinajstić information content (AvgIpc) is 2.93. The first-order valence-electron chi connectivity index (χ1n) is 7.60. The van der Waals surface area contributed by atoms with E-state index in [0.717, 1.165) is 30.4 Å². The van der Waals surface area contributed by atoms with Crippen LogP contribution in [0, 0.1) is 0 Å². The number of benzene rings is 1. The molecular weight excluding hydrogens is 384 g/mol. The molecule has 0 radical (unpaired) electrons. The monoisotopic (exact) mass is 404 g/mol. The van der Waals surface area contributed by atoms with Crippen LogP contribution in [-0.4, -0.2) is 61.3 Å². The molecule has 2 fully saturated rings. The van der Waals surface area contributed by atoms with E-state index in [1.807, 2.05) is 29.2 Å². The van der Waals surface area contributed by atoms with Crippen LogP contribution in [0.1, 0.15) is 12.8 Å². The Kier molecular flexibility index (Phi) is 6.31. The zero-order valence-electron chi connectivity index (χ0n) is 13.2. The van der Waals surface area contributed by atoms with Gasteiger partial charge in [0.1, 0.15) is 11.5 Å². The van der Waals surface area contributed by atoms with Gasteiger partial charge in [-0.25, -0.2) is 0 Å².